The highest BCUT2D eigenvalue weighted by atomic mass is 16.1. The van der Waals surface area contributed by atoms with Crippen LogP contribution in [0.2, 0.25) is 0 Å². The van der Waals surface area contributed by atoms with Gasteiger partial charge in [0.15, 0.2) is 0 Å². The third kappa shape index (κ3) is 4.26. The minimum atomic E-state index is -0.0621. The number of nitrogens with zero attached hydrogens (tertiary/aromatic N) is 2. The number of nitriles is 1. The third-order valence-electron chi connectivity index (χ3n) is 4.73. The van der Waals surface area contributed by atoms with Gasteiger partial charge in [-0.05, 0) is 55.0 Å². The summed E-state index contributed by atoms with van der Waals surface area (Å²) in [5.74, 6) is 0.358. The Hall–Kier alpha value is -2.08. The highest BCUT2D eigenvalue weighted by molar-refractivity contribution is 5.81. The Morgan fingerprint density at radius 2 is 2.00 bits per heavy atom. The van der Waals surface area contributed by atoms with Crippen molar-refractivity contribution >= 4 is 11.5 Å². The molecule has 1 fully saturated rings. The molecule has 1 aromatic carbocycles. The maximum absolute atomic E-state index is 12.3. The van der Waals surface area contributed by atoms with Gasteiger partial charge in [-0.25, -0.2) is 0 Å². The lowest BCUT2D eigenvalue weighted by Gasteiger charge is -2.44. The monoisotopic (exact) mass is 324 g/mol. The van der Waals surface area contributed by atoms with E-state index in [1.807, 2.05) is 31.2 Å². The van der Waals surface area contributed by atoms with Crippen molar-refractivity contribution in [1.29, 1.82) is 5.26 Å². The number of carbonyl (C=O) groups is 1. The van der Waals surface area contributed by atoms with E-state index in [9.17, 15) is 10.1 Å². The molecule has 0 bridgehead atoms. The molecule has 0 aromatic heterocycles. The highest BCUT2D eigenvalue weighted by Crippen LogP contribution is 2.45. The van der Waals surface area contributed by atoms with Crippen molar-refractivity contribution in [3.05, 3.63) is 41.6 Å². The van der Waals surface area contributed by atoms with Crippen LogP contribution in [0.15, 0.2) is 30.5 Å². The number of allylic oxidation sites excluding steroid dienone is 1. The summed E-state index contributed by atoms with van der Waals surface area (Å²) in [6.45, 7) is 11.4. The van der Waals surface area contributed by atoms with E-state index < -0.39 is 0 Å². The number of anilines is 1. The van der Waals surface area contributed by atoms with Gasteiger partial charge in [0.25, 0.3) is 0 Å². The Bertz CT molecular complexity index is 696. The predicted molar refractivity (Wildman–Crippen MR) is 98.8 cm³/mol. The summed E-state index contributed by atoms with van der Waals surface area (Å²) in [6.07, 6.45) is 6.39. The first-order chi connectivity index (χ1) is 11.2. The SMILES string of the molecule is C/C=C\N(CC1(C)CC(=O)CC(C)(C)C1)c1cc(C#N)ccc1C. The number of hydrogen-bond donors (Lipinski definition) is 0. The fourth-order valence-electron chi connectivity index (χ4n) is 4.26. The van der Waals surface area contributed by atoms with Gasteiger partial charge in [0.05, 0.1) is 11.6 Å². The molecule has 0 amide bonds. The van der Waals surface area contributed by atoms with Gasteiger partial charge in [0.2, 0.25) is 0 Å². The number of Topliss-reactive ketones (excluding diaryl/α,β-unsaturated/α-hetero) is 1. The smallest absolute Gasteiger partial charge is 0.134 e. The number of hydrogen-bond acceptors (Lipinski definition) is 3. The number of benzene rings is 1. The fraction of sp³-hybridized carbons (Fsp3) is 0.524. The van der Waals surface area contributed by atoms with E-state index in [4.69, 9.17) is 0 Å². The molecular formula is C21H28N2O. The first kappa shape index (κ1) is 18.3. The molecule has 3 nitrogen and oxygen atoms in total. The van der Waals surface area contributed by atoms with E-state index in [0.717, 1.165) is 24.2 Å². The molecule has 1 aliphatic rings. The second kappa shape index (κ2) is 6.81. The molecule has 1 aromatic rings. The Morgan fingerprint density at radius 3 is 2.58 bits per heavy atom. The van der Waals surface area contributed by atoms with Crippen LogP contribution in [-0.4, -0.2) is 12.3 Å². The molecule has 0 N–H and O–H groups in total. The van der Waals surface area contributed by atoms with Crippen molar-refractivity contribution in [3.63, 3.8) is 0 Å². The quantitative estimate of drug-likeness (QED) is 0.783. The topological polar surface area (TPSA) is 44.1 Å². The van der Waals surface area contributed by atoms with E-state index in [1.54, 1.807) is 0 Å². The molecule has 3 heteroatoms. The third-order valence-corrected chi connectivity index (χ3v) is 4.73. The van der Waals surface area contributed by atoms with Gasteiger partial charge < -0.3 is 4.90 Å². The van der Waals surface area contributed by atoms with E-state index in [-0.39, 0.29) is 10.8 Å². The Kier molecular flexibility index (Phi) is 5.18. The summed E-state index contributed by atoms with van der Waals surface area (Å²) in [7, 11) is 0. The van der Waals surface area contributed by atoms with Crippen molar-refractivity contribution in [2.24, 2.45) is 10.8 Å². The van der Waals surface area contributed by atoms with Crippen LogP contribution in [0, 0.1) is 29.1 Å². The summed E-state index contributed by atoms with van der Waals surface area (Å²) in [5.41, 5.74) is 2.83. The molecule has 0 saturated heterocycles. The number of aryl methyl sites for hydroxylation is 1. The average molecular weight is 324 g/mol. The van der Waals surface area contributed by atoms with E-state index in [2.05, 4.69) is 44.9 Å². The number of carbonyl (C=O) groups excluding carboxylic acids is 1. The molecule has 2 rings (SSSR count). The molecule has 24 heavy (non-hydrogen) atoms. The zero-order valence-corrected chi connectivity index (χ0v) is 15.5. The van der Waals surface area contributed by atoms with E-state index in [0.29, 0.717) is 24.2 Å². The molecule has 1 saturated carbocycles. The molecule has 0 radical (unpaired) electrons. The Balaban J connectivity index is 2.35. The molecule has 1 aliphatic carbocycles. The second-order valence-corrected chi connectivity index (χ2v) is 8.27. The zero-order valence-electron chi connectivity index (χ0n) is 15.5. The molecule has 0 spiro atoms. The lowest BCUT2D eigenvalue weighted by Crippen LogP contribution is -2.42. The number of rotatable bonds is 4. The van der Waals surface area contributed by atoms with Crippen LogP contribution in [0.25, 0.3) is 0 Å². The summed E-state index contributed by atoms with van der Waals surface area (Å²) < 4.78 is 0. The van der Waals surface area contributed by atoms with Crippen molar-refractivity contribution in [2.45, 2.75) is 53.9 Å². The van der Waals surface area contributed by atoms with Crippen LogP contribution < -0.4 is 4.90 Å². The van der Waals surface area contributed by atoms with Gasteiger partial charge in [0.1, 0.15) is 5.78 Å². The number of ketones is 1. The summed E-state index contributed by atoms with van der Waals surface area (Å²) >= 11 is 0. The van der Waals surface area contributed by atoms with Gasteiger partial charge in [-0.15, -0.1) is 0 Å². The van der Waals surface area contributed by atoms with Crippen molar-refractivity contribution in [2.75, 3.05) is 11.4 Å². The van der Waals surface area contributed by atoms with Crippen molar-refractivity contribution < 1.29 is 4.79 Å². The van der Waals surface area contributed by atoms with Gasteiger partial charge in [-0.2, -0.15) is 5.26 Å². The molecule has 0 aliphatic heterocycles. The van der Waals surface area contributed by atoms with Gasteiger partial charge in [-0.3, -0.25) is 4.79 Å². The Labute approximate surface area is 146 Å². The second-order valence-electron chi connectivity index (χ2n) is 8.27. The summed E-state index contributed by atoms with van der Waals surface area (Å²) in [4.78, 5) is 14.5. The minimum Gasteiger partial charge on any atom is -0.348 e. The fourth-order valence-corrected chi connectivity index (χ4v) is 4.26. The van der Waals surface area contributed by atoms with Crippen LogP contribution in [-0.2, 0) is 4.79 Å². The van der Waals surface area contributed by atoms with Crippen LogP contribution in [0.3, 0.4) is 0 Å². The molecular weight excluding hydrogens is 296 g/mol. The van der Waals surface area contributed by atoms with Gasteiger partial charge in [-0.1, -0.05) is 32.9 Å². The van der Waals surface area contributed by atoms with Crippen LogP contribution >= 0.6 is 0 Å². The Morgan fingerprint density at radius 1 is 1.29 bits per heavy atom. The zero-order chi connectivity index (χ0) is 18.0. The van der Waals surface area contributed by atoms with Gasteiger partial charge >= 0.3 is 0 Å². The standard InChI is InChI=1S/C21H28N2O/c1-6-9-23(19-10-17(13-22)8-7-16(19)2)15-21(5)12-18(24)11-20(3,4)14-21/h6-10H,11-12,14-15H2,1-5H3/b9-6-. The maximum Gasteiger partial charge on any atom is 0.134 e. The summed E-state index contributed by atoms with van der Waals surface area (Å²) in [6, 6.07) is 8.00. The van der Waals surface area contributed by atoms with Gasteiger partial charge in [0, 0.05) is 25.1 Å². The van der Waals surface area contributed by atoms with Crippen molar-refractivity contribution in [1.82, 2.24) is 0 Å². The van der Waals surface area contributed by atoms with Crippen LogP contribution in [0.5, 0.6) is 0 Å². The largest absolute Gasteiger partial charge is 0.348 e. The predicted octanol–water partition coefficient (Wildman–Crippen LogP) is 4.99. The van der Waals surface area contributed by atoms with Crippen LogP contribution in [0.4, 0.5) is 5.69 Å². The molecule has 128 valence electrons. The van der Waals surface area contributed by atoms with E-state index >= 15 is 0 Å². The highest BCUT2D eigenvalue weighted by Gasteiger charge is 2.41. The first-order valence-corrected chi connectivity index (χ1v) is 8.60. The lowest BCUT2D eigenvalue weighted by molar-refractivity contribution is -0.127. The minimum absolute atomic E-state index is 0.0508. The van der Waals surface area contributed by atoms with E-state index in [1.165, 1.54) is 0 Å². The van der Waals surface area contributed by atoms with Crippen molar-refractivity contribution in [3.8, 4) is 6.07 Å². The first-order valence-electron chi connectivity index (χ1n) is 8.60. The van der Waals surface area contributed by atoms with Crippen LogP contribution in [0.1, 0.15) is 58.1 Å². The summed E-state index contributed by atoms with van der Waals surface area (Å²) in [5, 5.41) is 9.21. The average Bonchev–Trinajstić information content (AvgIpc) is 2.44. The normalized spacial score (nSPS) is 23.2. The molecule has 1 unspecified atom stereocenters. The molecule has 0 heterocycles. The molecule has 1 atom stereocenters. The maximum atomic E-state index is 12.3. The lowest BCUT2D eigenvalue weighted by atomic mass is 9.64.